The first kappa shape index (κ1) is 15.5. The van der Waals surface area contributed by atoms with E-state index in [-0.39, 0.29) is 11.3 Å². The maximum Gasteiger partial charge on any atom is 0.339 e. The Hall–Kier alpha value is -2.90. The Bertz CT molecular complexity index is 658. The van der Waals surface area contributed by atoms with Crippen LogP contribution in [-0.2, 0) is 11.2 Å². The number of amides is 2. The second-order valence-electron chi connectivity index (χ2n) is 4.37. The molecule has 1 aromatic carbocycles. The summed E-state index contributed by atoms with van der Waals surface area (Å²) in [5, 5.41) is 5.02. The minimum atomic E-state index is -0.660. The minimum Gasteiger partial charge on any atom is -0.465 e. The molecule has 0 fully saturated rings. The van der Waals surface area contributed by atoms with Gasteiger partial charge in [0.15, 0.2) is 0 Å². The highest BCUT2D eigenvalue weighted by atomic mass is 19.1. The van der Waals surface area contributed by atoms with Crippen LogP contribution in [0.15, 0.2) is 30.7 Å². The van der Waals surface area contributed by atoms with E-state index in [4.69, 9.17) is 0 Å². The Morgan fingerprint density at radius 2 is 2.23 bits per heavy atom. The lowest BCUT2D eigenvalue weighted by Gasteiger charge is -2.10. The van der Waals surface area contributed by atoms with Crippen LogP contribution in [0.25, 0.3) is 0 Å². The number of hydrogen-bond donors (Lipinski definition) is 3. The van der Waals surface area contributed by atoms with Crippen LogP contribution in [0.3, 0.4) is 0 Å². The smallest absolute Gasteiger partial charge is 0.339 e. The summed E-state index contributed by atoms with van der Waals surface area (Å²) in [6, 6.07) is 2.87. The Labute approximate surface area is 125 Å². The number of anilines is 1. The van der Waals surface area contributed by atoms with Crippen molar-refractivity contribution >= 4 is 17.7 Å². The number of aromatic nitrogens is 2. The van der Waals surface area contributed by atoms with Crippen molar-refractivity contribution in [2.75, 3.05) is 19.0 Å². The number of methoxy groups -OCH3 is 1. The molecule has 2 amide bonds. The Balaban J connectivity index is 1.95. The van der Waals surface area contributed by atoms with Gasteiger partial charge in [-0.1, -0.05) is 0 Å². The fourth-order valence-electron chi connectivity index (χ4n) is 1.81. The molecule has 3 N–H and O–H groups in total. The third kappa shape index (κ3) is 4.05. The average Bonchev–Trinajstić information content (AvgIpc) is 3.00. The molecule has 0 spiro atoms. The summed E-state index contributed by atoms with van der Waals surface area (Å²) in [5.74, 6) is -1.23. The summed E-state index contributed by atoms with van der Waals surface area (Å²) in [4.78, 5) is 30.2. The summed E-state index contributed by atoms with van der Waals surface area (Å²) in [6.07, 6.45) is 3.82. The first-order valence-electron chi connectivity index (χ1n) is 6.50. The van der Waals surface area contributed by atoms with Crippen LogP contribution in [0.2, 0.25) is 0 Å². The number of carbonyl (C=O) groups is 2. The normalized spacial score (nSPS) is 10.1. The van der Waals surface area contributed by atoms with E-state index in [0.717, 1.165) is 17.8 Å². The lowest BCUT2D eigenvalue weighted by atomic mass is 10.1. The van der Waals surface area contributed by atoms with Crippen LogP contribution in [0.5, 0.6) is 0 Å². The largest absolute Gasteiger partial charge is 0.465 e. The predicted octanol–water partition coefficient (Wildman–Crippen LogP) is 1.70. The molecule has 1 heterocycles. The number of benzene rings is 1. The number of nitrogens with one attached hydrogen (secondary N) is 3. The van der Waals surface area contributed by atoms with Crippen molar-refractivity contribution in [3.63, 3.8) is 0 Å². The van der Waals surface area contributed by atoms with Gasteiger partial charge in [0.05, 0.1) is 30.4 Å². The van der Waals surface area contributed by atoms with Crippen molar-refractivity contribution < 1.29 is 18.7 Å². The van der Waals surface area contributed by atoms with Crippen molar-refractivity contribution in [1.29, 1.82) is 0 Å². The van der Waals surface area contributed by atoms with Crippen LogP contribution < -0.4 is 10.6 Å². The van der Waals surface area contributed by atoms with E-state index in [1.165, 1.54) is 13.2 Å². The first-order valence-corrected chi connectivity index (χ1v) is 6.50. The quantitative estimate of drug-likeness (QED) is 0.733. The van der Waals surface area contributed by atoms with Gasteiger partial charge in [-0.05, 0) is 18.2 Å². The maximum absolute atomic E-state index is 13.3. The highest BCUT2D eigenvalue weighted by molar-refractivity contribution is 6.00. The van der Waals surface area contributed by atoms with E-state index >= 15 is 0 Å². The lowest BCUT2D eigenvalue weighted by molar-refractivity contribution is 0.0602. The zero-order valence-corrected chi connectivity index (χ0v) is 11.9. The van der Waals surface area contributed by atoms with Crippen molar-refractivity contribution in [2.24, 2.45) is 0 Å². The number of urea groups is 1. The fourth-order valence-corrected chi connectivity index (χ4v) is 1.81. The van der Waals surface area contributed by atoms with Gasteiger partial charge in [-0.2, -0.15) is 0 Å². The van der Waals surface area contributed by atoms with Crippen LogP contribution in [0, 0.1) is 5.82 Å². The molecular formula is C14H15FN4O3. The molecule has 2 rings (SSSR count). The van der Waals surface area contributed by atoms with Crippen LogP contribution in [0.4, 0.5) is 14.9 Å². The van der Waals surface area contributed by atoms with E-state index in [1.54, 1.807) is 12.5 Å². The summed E-state index contributed by atoms with van der Waals surface area (Å²) in [6.45, 7) is 0.347. The van der Waals surface area contributed by atoms with Crippen molar-refractivity contribution in [3.05, 3.63) is 47.8 Å². The average molecular weight is 306 g/mol. The number of nitrogens with zero attached hydrogens (tertiary/aromatic N) is 1. The molecule has 22 heavy (non-hydrogen) atoms. The highest BCUT2D eigenvalue weighted by Gasteiger charge is 2.14. The summed E-state index contributed by atoms with van der Waals surface area (Å²) in [5.41, 5.74) is 0.928. The number of aromatic amines is 1. The summed E-state index contributed by atoms with van der Waals surface area (Å²) >= 11 is 0. The van der Waals surface area contributed by atoms with E-state index in [1.807, 2.05) is 0 Å². The maximum atomic E-state index is 13.3. The molecule has 0 aliphatic carbocycles. The van der Waals surface area contributed by atoms with E-state index in [0.29, 0.717) is 13.0 Å². The van der Waals surface area contributed by atoms with Crippen molar-refractivity contribution in [3.8, 4) is 0 Å². The molecule has 0 saturated heterocycles. The number of halogens is 1. The molecule has 0 atom stereocenters. The van der Waals surface area contributed by atoms with Gasteiger partial charge in [-0.25, -0.2) is 19.0 Å². The van der Waals surface area contributed by atoms with Crippen LogP contribution in [0.1, 0.15) is 16.1 Å². The van der Waals surface area contributed by atoms with Gasteiger partial charge >= 0.3 is 12.0 Å². The lowest BCUT2D eigenvalue weighted by Crippen LogP contribution is -2.31. The number of rotatable bonds is 5. The molecule has 0 saturated carbocycles. The van der Waals surface area contributed by atoms with Gasteiger partial charge in [0.2, 0.25) is 0 Å². The van der Waals surface area contributed by atoms with Gasteiger partial charge in [-0.3, -0.25) is 0 Å². The molecule has 7 nitrogen and oxygen atoms in total. The number of hydrogen-bond acceptors (Lipinski definition) is 4. The summed E-state index contributed by atoms with van der Waals surface area (Å²) in [7, 11) is 1.21. The highest BCUT2D eigenvalue weighted by Crippen LogP contribution is 2.18. The Morgan fingerprint density at radius 3 is 2.91 bits per heavy atom. The van der Waals surface area contributed by atoms with Gasteiger partial charge in [0, 0.05) is 19.2 Å². The van der Waals surface area contributed by atoms with E-state index < -0.39 is 17.8 Å². The molecule has 0 aliphatic heterocycles. The van der Waals surface area contributed by atoms with Crippen LogP contribution >= 0.6 is 0 Å². The zero-order chi connectivity index (χ0) is 15.9. The zero-order valence-electron chi connectivity index (χ0n) is 11.9. The SMILES string of the molecule is COC(=O)c1ccc(F)cc1NC(=O)NCCc1c[nH]cn1. The van der Waals surface area contributed by atoms with Crippen molar-refractivity contribution in [2.45, 2.75) is 6.42 Å². The van der Waals surface area contributed by atoms with E-state index in [2.05, 4.69) is 25.3 Å². The number of esters is 1. The van der Waals surface area contributed by atoms with Gasteiger partial charge in [0.1, 0.15) is 5.82 Å². The minimum absolute atomic E-state index is 0.0455. The molecular weight excluding hydrogens is 291 g/mol. The molecule has 1 aromatic heterocycles. The number of carbonyl (C=O) groups excluding carboxylic acids is 2. The molecule has 0 radical (unpaired) electrons. The molecule has 0 bridgehead atoms. The van der Waals surface area contributed by atoms with Crippen LogP contribution in [-0.4, -0.2) is 35.6 Å². The Morgan fingerprint density at radius 1 is 1.41 bits per heavy atom. The molecule has 0 unspecified atom stereocenters. The number of ether oxygens (including phenoxy) is 1. The third-order valence-corrected chi connectivity index (χ3v) is 2.86. The van der Waals surface area contributed by atoms with E-state index in [9.17, 15) is 14.0 Å². The molecule has 8 heteroatoms. The molecule has 0 aliphatic rings. The first-order chi connectivity index (χ1) is 10.6. The number of H-pyrrole nitrogens is 1. The topological polar surface area (TPSA) is 96.1 Å². The fraction of sp³-hybridized carbons (Fsp3) is 0.214. The Kier molecular flexibility index (Phi) is 5.07. The second-order valence-corrected chi connectivity index (χ2v) is 4.37. The van der Waals surface area contributed by atoms with Crippen molar-refractivity contribution in [1.82, 2.24) is 15.3 Å². The summed E-state index contributed by atoms with van der Waals surface area (Å²) < 4.78 is 17.9. The molecule has 2 aromatic rings. The van der Waals surface area contributed by atoms with Gasteiger partial charge in [-0.15, -0.1) is 0 Å². The van der Waals surface area contributed by atoms with Gasteiger partial charge in [0.25, 0.3) is 0 Å². The monoisotopic (exact) mass is 306 g/mol. The van der Waals surface area contributed by atoms with Gasteiger partial charge < -0.3 is 20.4 Å². The number of imidazole rings is 1. The third-order valence-electron chi connectivity index (χ3n) is 2.86. The molecule has 116 valence electrons. The predicted molar refractivity (Wildman–Crippen MR) is 77.1 cm³/mol. The second kappa shape index (κ2) is 7.21. The standard InChI is InChI=1S/C14H15FN4O3/c1-22-13(20)11-3-2-9(15)6-12(11)19-14(21)17-5-4-10-7-16-8-18-10/h2-3,6-8H,4-5H2,1H3,(H,16,18)(H2,17,19,21).